The fraction of sp³-hybridized carbons (Fsp3) is 0. The molecule has 3 rings (SSSR count). The first-order chi connectivity index (χ1) is 13.6. The van der Waals surface area contributed by atoms with E-state index in [2.05, 4.69) is 129 Å². The quantitative estimate of drug-likeness (QED) is 0.160. The first-order valence-corrected chi connectivity index (χ1v) is 13.0. The maximum Gasteiger partial charge on any atom is 0.323 e. The van der Waals surface area contributed by atoms with E-state index in [0.29, 0.717) is 5.69 Å². The summed E-state index contributed by atoms with van der Waals surface area (Å²) in [5, 5.41) is 15.4. The third-order valence-electron chi connectivity index (χ3n) is 3.79. The molecule has 7 nitrogen and oxygen atoms in total. The molecule has 0 saturated heterocycles. The first kappa shape index (κ1) is 23.7. The number of aromatic nitrogens is 1. The number of carbonyl (C=O) groups excluding carboxylic acids is 1. The second-order valence-corrected chi connectivity index (χ2v) is 11.0. The molecule has 29 heavy (non-hydrogen) atoms. The summed E-state index contributed by atoms with van der Waals surface area (Å²) >= 11 is 10.9. The van der Waals surface area contributed by atoms with E-state index in [1.54, 1.807) is 18.2 Å². The van der Waals surface area contributed by atoms with E-state index in [1.165, 1.54) is 6.07 Å². The molecule has 0 unspecified atom stereocenters. The van der Waals surface area contributed by atoms with Crippen molar-refractivity contribution in [2.45, 2.75) is 0 Å². The predicted octanol–water partition coefficient (Wildman–Crippen LogP) is 5.26. The van der Waals surface area contributed by atoms with Gasteiger partial charge >= 0.3 is 6.03 Å². The number of para-hydroxylation sites is 1. The molecule has 0 saturated carbocycles. The zero-order chi connectivity index (χ0) is 21.5. The maximum atomic E-state index is 12.8. The fourth-order valence-electron chi connectivity index (χ4n) is 2.42. The zero-order valence-electron chi connectivity index (χ0n) is 13.9. The lowest BCUT2D eigenvalue weighted by atomic mass is 10.2. The fourth-order valence-corrected chi connectivity index (χ4v) is 7.45. The minimum Gasteiger partial charge on any atom is -0.501 e. The highest BCUT2D eigenvalue weighted by Gasteiger charge is 2.21. The highest BCUT2D eigenvalue weighted by molar-refractivity contribution is 14.1. The van der Waals surface area contributed by atoms with Crippen molar-refractivity contribution in [2.75, 3.05) is 10.6 Å². The largest absolute Gasteiger partial charge is 0.501 e. The average molecular weight is 953 g/mol. The van der Waals surface area contributed by atoms with Gasteiger partial charge < -0.3 is 20.7 Å². The summed E-state index contributed by atoms with van der Waals surface area (Å²) < 4.78 is 4.76. The monoisotopic (exact) mass is 953 g/mol. The number of nitrogens with one attached hydrogen (secondary N) is 3. The molecular formula is C17H8I5N3O4. The van der Waals surface area contributed by atoms with Crippen LogP contribution in [-0.4, -0.2) is 16.1 Å². The molecule has 0 fully saturated rings. The standard InChI is InChI=1S/C17H8I5N3O4/c18-7-8(19)10(21)12(11(22)9(7)20)24-17(29)25-13-14(26)5-3-1-2-4-6(5)23-16(28)15(13)27/h1-4H,(H4,23,24,25,26,27,28,29). The Balaban J connectivity index is 2.07. The molecule has 1 heterocycles. The Hall–Kier alpha value is 0.0400. The Morgan fingerprint density at radius 1 is 0.828 bits per heavy atom. The molecular weight excluding hydrogens is 945 g/mol. The number of urea groups is 1. The molecule has 0 spiro atoms. The third-order valence-corrected chi connectivity index (χ3v) is 13.3. The van der Waals surface area contributed by atoms with Crippen molar-refractivity contribution in [1.29, 1.82) is 0 Å². The minimum atomic E-state index is -0.874. The van der Waals surface area contributed by atoms with Crippen LogP contribution in [-0.2, 0) is 0 Å². The number of fused-ring (bicyclic) bond motifs is 1. The lowest BCUT2D eigenvalue weighted by Crippen LogP contribution is -2.25. The van der Waals surface area contributed by atoms with E-state index < -0.39 is 28.5 Å². The van der Waals surface area contributed by atoms with Gasteiger partial charge in [0.1, 0.15) is 5.69 Å². The van der Waals surface area contributed by atoms with Crippen molar-refractivity contribution in [1.82, 2.24) is 4.98 Å². The molecule has 1 aromatic heterocycles. The van der Waals surface area contributed by atoms with Crippen LogP contribution >= 0.6 is 113 Å². The molecule has 0 radical (unpaired) electrons. The van der Waals surface area contributed by atoms with E-state index in [9.17, 15) is 19.5 Å². The van der Waals surface area contributed by atoms with Crippen molar-refractivity contribution in [3.8, 4) is 5.75 Å². The summed E-state index contributed by atoms with van der Waals surface area (Å²) in [5.74, 6) is -0.850. The lowest BCUT2D eigenvalue weighted by molar-refractivity contribution is 0.262. The van der Waals surface area contributed by atoms with Gasteiger partial charge in [0.2, 0.25) is 11.2 Å². The second kappa shape index (κ2) is 9.67. The van der Waals surface area contributed by atoms with Gasteiger partial charge in [-0.15, -0.1) is 0 Å². The minimum absolute atomic E-state index is 0.169. The molecule has 12 heteroatoms. The van der Waals surface area contributed by atoms with Crippen LogP contribution in [0.15, 0.2) is 33.9 Å². The molecule has 0 atom stereocenters. The maximum absolute atomic E-state index is 12.8. The number of rotatable bonds is 2. The number of carbonyl (C=O) groups is 1. The highest BCUT2D eigenvalue weighted by atomic mass is 127. The van der Waals surface area contributed by atoms with Gasteiger partial charge in [0.25, 0.3) is 5.56 Å². The summed E-state index contributed by atoms with van der Waals surface area (Å²) in [6.45, 7) is 0. The number of H-pyrrole nitrogens is 1. The third kappa shape index (κ3) is 4.78. The predicted molar refractivity (Wildman–Crippen MR) is 155 cm³/mol. The number of hydrogen-bond donors (Lipinski definition) is 4. The first-order valence-electron chi connectivity index (χ1n) is 7.61. The van der Waals surface area contributed by atoms with Gasteiger partial charge in [0, 0.05) is 16.1 Å². The number of hydrogen-bond acceptors (Lipinski definition) is 4. The van der Waals surface area contributed by atoms with E-state index in [1.807, 2.05) is 0 Å². The van der Waals surface area contributed by atoms with Crippen LogP contribution in [0.5, 0.6) is 5.75 Å². The van der Waals surface area contributed by atoms with Gasteiger partial charge in [-0.1, -0.05) is 12.1 Å². The van der Waals surface area contributed by atoms with Crippen LogP contribution in [0.4, 0.5) is 16.2 Å². The van der Waals surface area contributed by atoms with Crippen molar-refractivity contribution >= 4 is 141 Å². The molecule has 2 aromatic carbocycles. The van der Waals surface area contributed by atoms with Crippen molar-refractivity contribution < 1.29 is 9.90 Å². The second-order valence-electron chi connectivity index (χ2n) is 5.58. The molecule has 2 amide bonds. The van der Waals surface area contributed by atoms with Gasteiger partial charge in [-0.25, -0.2) is 4.79 Å². The van der Waals surface area contributed by atoms with Crippen LogP contribution in [0.3, 0.4) is 0 Å². The Labute approximate surface area is 231 Å². The number of halogens is 5. The van der Waals surface area contributed by atoms with Crippen molar-refractivity contribution in [2.24, 2.45) is 0 Å². The summed E-state index contributed by atoms with van der Waals surface area (Å²) in [4.78, 5) is 40.1. The van der Waals surface area contributed by atoms with E-state index in [4.69, 9.17) is 0 Å². The molecule has 0 aliphatic rings. The van der Waals surface area contributed by atoms with Gasteiger partial charge in [-0.05, 0) is 125 Å². The normalized spacial score (nSPS) is 10.8. The van der Waals surface area contributed by atoms with Crippen LogP contribution < -0.4 is 21.6 Å². The summed E-state index contributed by atoms with van der Waals surface area (Å²) in [6.07, 6.45) is 0. The number of aromatic hydroxyl groups is 1. The number of aromatic amines is 1. The lowest BCUT2D eigenvalue weighted by Gasteiger charge is -2.15. The number of anilines is 2. The van der Waals surface area contributed by atoms with Gasteiger partial charge in [-0.3, -0.25) is 9.59 Å². The highest BCUT2D eigenvalue weighted by Crippen LogP contribution is 2.36. The van der Waals surface area contributed by atoms with E-state index in [-0.39, 0.29) is 10.9 Å². The average Bonchev–Trinajstić information content (AvgIpc) is 2.79. The topological polar surface area (TPSA) is 111 Å². The molecule has 0 bridgehead atoms. The van der Waals surface area contributed by atoms with Crippen LogP contribution in [0.2, 0.25) is 0 Å². The Kier molecular flexibility index (Phi) is 7.90. The molecule has 0 aliphatic heterocycles. The summed E-state index contributed by atoms with van der Waals surface area (Å²) in [6, 6.07) is 5.59. The zero-order valence-corrected chi connectivity index (χ0v) is 24.7. The SMILES string of the molecule is O=C(Nc1c(I)c(I)c(I)c(I)c1I)Nc1c(O)c(=O)[nH]c2ccccc2c1=O. The Bertz CT molecular complexity index is 1260. The molecule has 0 aliphatic carbocycles. The van der Waals surface area contributed by atoms with Crippen LogP contribution in [0.25, 0.3) is 10.9 Å². The van der Waals surface area contributed by atoms with E-state index >= 15 is 0 Å². The number of amides is 2. The van der Waals surface area contributed by atoms with Gasteiger partial charge in [0.15, 0.2) is 0 Å². The smallest absolute Gasteiger partial charge is 0.323 e. The van der Waals surface area contributed by atoms with Gasteiger partial charge in [0.05, 0.1) is 18.3 Å². The van der Waals surface area contributed by atoms with E-state index in [0.717, 1.165) is 17.9 Å². The van der Waals surface area contributed by atoms with Crippen LogP contribution in [0.1, 0.15) is 0 Å². The Morgan fingerprint density at radius 3 is 1.97 bits per heavy atom. The van der Waals surface area contributed by atoms with Crippen molar-refractivity contribution in [3.63, 3.8) is 0 Å². The van der Waals surface area contributed by atoms with Crippen molar-refractivity contribution in [3.05, 3.63) is 62.7 Å². The summed E-state index contributed by atoms with van der Waals surface area (Å²) in [5.41, 5.74) is -1.17. The molecule has 3 aromatic rings. The summed E-state index contributed by atoms with van der Waals surface area (Å²) in [7, 11) is 0. The number of benzene rings is 2. The van der Waals surface area contributed by atoms with Crippen LogP contribution in [0, 0.1) is 17.9 Å². The van der Waals surface area contributed by atoms with Gasteiger partial charge in [-0.2, -0.15) is 0 Å². The Morgan fingerprint density at radius 2 is 1.34 bits per heavy atom. The molecule has 4 N–H and O–H groups in total. The molecule has 150 valence electrons.